The molecule has 0 aliphatic carbocycles. The number of oxazole rings is 1. The molecule has 0 saturated carbocycles. The SMILES string of the molecule is Nc1nc2ccc(-c3ccc(S(=O)(=O)C4CNC4)c(S(N)(=O)=O)c3-c3nn[nH]n3)cc2o1. The first-order chi connectivity index (χ1) is 15.2. The molecule has 0 unspecified atom stereocenters. The van der Waals surface area contributed by atoms with Gasteiger partial charge < -0.3 is 15.5 Å². The van der Waals surface area contributed by atoms with Crippen LogP contribution >= 0.6 is 0 Å². The fourth-order valence-corrected chi connectivity index (χ4v) is 6.75. The minimum Gasteiger partial charge on any atom is -0.424 e. The van der Waals surface area contributed by atoms with Crippen molar-refractivity contribution >= 4 is 37.0 Å². The maximum absolute atomic E-state index is 13.2. The van der Waals surface area contributed by atoms with E-state index in [4.69, 9.17) is 15.3 Å². The largest absolute Gasteiger partial charge is 0.424 e. The number of anilines is 1. The van der Waals surface area contributed by atoms with Gasteiger partial charge in [0.15, 0.2) is 15.4 Å². The standard InChI is InChI=1S/C17H16N8O5S2/c18-17-21-11-3-1-8(5-12(11)30-17)10-2-4-13(31(26,27)9-6-20-7-9)15(32(19,28)29)14(10)16-22-24-25-23-16/h1-5,9,20H,6-7H2,(H2,18,21)(H2,19,28,29)(H,22,23,24,25). The molecule has 166 valence electrons. The van der Waals surface area contributed by atoms with Crippen LogP contribution in [-0.4, -0.2) is 60.8 Å². The molecule has 2 aromatic heterocycles. The molecular formula is C17H16N8O5S2. The number of aromatic amines is 1. The van der Waals surface area contributed by atoms with Gasteiger partial charge in [-0.3, -0.25) is 0 Å². The molecule has 3 heterocycles. The van der Waals surface area contributed by atoms with Gasteiger partial charge in [-0.05, 0) is 34.5 Å². The van der Waals surface area contributed by atoms with Crippen LogP contribution in [0.2, 0.25) is 0 Å². The number of aromatic nitrogens is 5. The van der Waals surface area contributed by atoms with Gasteiger partial charge in [0.25, 0.3) is 6.01 Å². The molecular weight excluding hydrogens is 460 g/mol. The predicted octanol–water partition coefficient (Wildman–Crippen LogP) is -0.350. The maximum atomic E-state index is 13.2. The zero-order valence-electron chi connectivity index (χ0n) is 16.2. The monoisotopic (exact) mass is 476 g/mol. The summed E-state index contributed by atoms with van der Waals surface area (Å²) in [6.07, 6.45) is 0. The van der Waals surface area contributed by atoms with Crippen LogP contribution < -0.4 is 16.2 Å². The molecule has 15 heteroatoms. The van der Waals surface area contributed by atoms with Crippen molar-refractivity contribution in [2.75, 3.05) is 18.8 Å². The Morgan fingerprint density at radius 3 is 2.50 bits per heavy atom. The zero-order valence-corrected chi connectivity index (χ0v) is 17.8. The first-order valence-corrected chi connectivity index (χ1v) is 12.3. The molecule has 0 bridgehead atoms. The molecule has 6 N–H and O–H groups in total. The molecule has 32 heavy (non-hydrogen) atoms. The fraction of sp³-hybridized carbons (Fsp3) is 0.176. The fourth-order valence-electron chi connectivity index (χ4n) is 3.57. The Bertz CT molecular complexity index is 1560. The summed E-state index contributed by atoms with van der Waals surface area (Å²) in [6.45, 7) is 0.407. The lowest BCUT2D eigenvalue weighted by Crippen LogP contribution is -2.51. The van der Waals surface area contributed by atoms with Crippen LogP contribution in [0, 0.1) is 0 Å². The minimum absolute atomic E-state index is 0.0312. The van der Waals surface area contributed by atoms with Crippen molar-refractivity contribution in [3.8, 4) is 22.5 Å². The molecule has 1 aliphatic heterocycles. The highest BCUT2D eigenvalue weighted by atomic mass is 32.2. The van der Waals surface area contributed by atoms with Gasteiger partial charge >= 0.3 is 0 Å². The Morgan fingerprint density at radius 2 is 1.88 bits per heavy atom. The number of H-pyrrole nitrogens is 1. The van der Waals surface area contributed by atoms with Gasteiger partial charge in [0.1, 0.15) is 10.4 Å². The Balaban J connectivity index is 1.85. The lowest BCUT2D eigenvalue weighted by Gasteiger charge is -2.28. The molecule has 1 fully saturated rings. The van der Waals surface area contributed by atoms with Gasteiger partial charge in [-0.1, -0.05) is 12.1 Å². The van der Waals surface area contributed by atoms with Crippen molar-refractivity contribution in [1.82, 2.24) is 30.9 Å². The smallest absolute Gasteiger partial charge is 0.292 e. The van der Waals surface area contributed by atoms with Crippen molar-refractivity contribution in [3.63, 3.8) is 0 Å². The quantitative estimate of drug-likeness (QED) is 0.292. The number of nitrogens with two attached hydrogens (primary N) is 2. The summed E-state index contributed by atoms with van der Waals surface area (Å²) in [5.74, 6) is -0.134. The number of hydrogen-bond donors (Lipinski definition) is 4. The molecule has 13 nitrogen and oxygen atoms in total. The van der Waals surface area contributed by atoms with E-state index in [0.29, 0.717) is 22.2 Å². The van der Waals surface area contributed by atoms with Crippen molar-refractivity contribution in [3.05, 3.63) is 30.3 Å². The molecule has 2 aromatic carbocycles. The second kappa shape index (κ2) is 7.06. The van der Waals surface area contributed by atoms with E-state index >= 15 is 0 Å². The number of nitrogens with one attached hydrogen (secondary N) is 2. The average Bonchev–Trinajstić information content (AvgIpc) is 3.32. The number of nitrogen functional groups attached to an aromatic ring is 1. The van der Waals surface area contributed by atoms with Gasteiger partial charge in [0.2, 0.25) is 15.8 Å². The molecule has 0 atom stereocenters. The van der Waals surface area contributed by atoms with Crippen molar-refractivity contribution in [1.29, 1.82) is 0 Å². The second-order valence-electron chi connectivity index (χ2n) is 7.16. The van der Waals surface area contributed by atoms with E-state index in [1.54, 1.807) is 18.2 Å². The summed E-state index contributed by atoms with van der Waals surface area (Å²) in [7, 11) is -8.55. The van der Waals surface area contributed by atoms with E-state index in [2.05, 4.69) is 30.9 Å². The highest BCUT2D eigenvalue weighted by Crippen LogP contribution is 2.40. The van der Waals surface area contributed by atoms with Gasteiger partial charge in [-0.15, -0.1) is 10.2 Å². The summed E-state index contributed by atoms with van der Waals surface area (Å²) in [4.78, 5) is 3.02. The van der Waals surface area contributed by atoms with Crippen molar-refractivity contribution < 1.29 is 21.3 Å². The van der Waals surface area contributed by atoms with E-state index in [1.807, 2.05) is 0 Å². The number of benzene rings is 2. The lowest BCUT2D eigenvalue weighted by atomic mass is 9.99. The summed E-state index contributed by atoms with van der Waals surface area (Å²) in [5, 5.41) is 21.1. The van der Waals surface area contributed by atoms with Crippen LogP contribution in [0.15, 0.2) is 44.5 Å². The van der Waals surface area contributed by atoms with Crippen molar-refractivity contribution in [2.45, 2.75) is 15.0 Å². The van der Waals surface area contributed by atoms with Gasteiger partial charge in [0.05, 0.1) is 15.7 Å². The van der Waals surface area contributed by atoms with Gasteiger partial charge in [-0.25, -0.2) is 22.0 Å². The Labute approximate surface area is 181 Å². The Morgan fingerprint density at radius 1 is 1.09 bits per heavy atom. The number of sulfone groups is 1. The van der Waals surface area contributed by atoms with Crippen LogP contribution in [0.1, 0.15) is 0 Å². The molecule has 0 amide bonds. The van der Waals surface area contributed by atoms with Gasteiger partial charge in [0, 0.05) is 13.1 Å². The van der Waals surface area contributed by atoms with E-state index in [1.165, 1.54) is 12.1 Å². The Kier molecular flexibility index (Phi) is 4.52. The number of hydrogen-bond acceptors (Lipinski definition) is 11. The summed E-state index contributed by atoms with van der Waals surface area (Å²) in [6, 6.07) is 7.54. The van der Waals surface area contributed by atoms with Crippen LogP contribution in [0.25, 0.3) is 33.6 Å². The first kappa shape index (κ1) is 20.5. The van der Waals surface area contributed by atoms with E-state index in [-0.39, 0.29) is 30.5 Å². The van der Waals surface area contributed by atoms with Crippen LogP contribution in [-0.2, 0) is 19.9 Å². The minimum atomic E-state index is -4.54. The second-order valence-corrected chi connectivity index (χ2v) is 10.9. The van der Waals surface area contributed by atoms with E-state index in [9.17, 15) is 16.8 Å². The molecule has 1 saturated heterocycles. The summed E-state index contributed by atoms with van der Waals surface area (Å²) < 4.78 is 57.1. The number of tetrazole rings is 1. The topological polar surface area (TPSA) is 213 Å². The van der Waals surface area contributed by atoms with E-state index < -0.39 is 34.9 Å². The molecule has 4 aromatic rings. The number of nitrogens with zero attached hydrogens (tertiary/aromatic N) is 4. The summed E-state index contributed by atoms with van der Waals surface area (Å²) in [5.41, 5.74) is 7.14. The van der Waals surface area contributed by atoms with Crippen LogP contribution in [0.4, 0.5) is 6.01 Å². The number of sulfonamides is 1. The molecule has 0 spiro atoms. The number of rotatable bonds is 5. The highest BCUT2D eigenvalue weighted by molar-refractivity contribution is 7.94. The van der Waals surface area contributed by atoms with Crippen LogP contribution in [0.3, 0.4) is 0 Å². The third-order valence-corrected chi connectivity index (χ3v) is 8.47. The zero-order chi connectivity index (χ0) is 22.7. The molecule has 1 aliphatic rings. The third kappa shape index (κ3) is 3.22. The van der Waals surface area contributed by atoms with E-state index in [0.717, 1.165) is 0 Å². The predicted molar refractivity (Wildman–Crippen MR) is 112 cm³/mol. The van der Waals surface area contributed by atoms with Crippen molar-refractivity contribution in [2.24, 2.45) is 5.14 Å². The normalized spacial score (nSPS) is 15.2. The number of fused-ring (bicyclic) bond motifs is 1. The molecule has 0 radical (unpaired) electrons. The first-order valence-electron chi connectivity index (χ1n) is 9.21. The van der Waals surface area contributed by atoms with Gasteiger partial charge in [-0.2, -0.15) is 10.2 Å². The molecule has 5 rings (SSSR count). The third-order valence-electron chi connectivity index (χ3n) is 5.18. The maximum Gasteiger partial charge on any atom is 0.292 e. The number of primary sulfonamides is 1. The average molecular weight is 477 g/mol. The summed E-state index contributed by atoms with van der Waals surface area (Å²) >= 11 is 0. The Hall–Kier alpha value is -3.40. The lowest BCUT2D eigenvalue weighted by molar-refractivity contribution is 0.493. The highest BCUT2D eigenvalue weighted by Gasteiger charge is 2.38. The van der Waals surface area contributed by atoms with Crippen LogP contribution in [0.5, 0.6) is 0 Å².